The fraction of sp³-hybridized carbons (Fsp3) is 0.750. The first-order valence-corrected chi connectivity index (χ1v) is 5.43. The number of amides is 1. The van der Waals surface area contributed by atoms with Crippen LogP contribution < -0.4 is 5.32 Å². The standard InChI is InChI=1S/C12H24N2O/c1-7-8-14(10(2)3)11(15)9-13-12(4,5)6/h7,10,13H,1,8-9H2,2-6H3. The summed E-state index contributed by atoms with van der Waals surface area (Å²) in [5.74, 6) is 0.125. The molecule has 0 radical (unpaired) electrons. The molecule has 0 spiro atoms. The summed E-state index contributed by atoms with van der Waals surface area (Å²) < 4.78 is 0. The smallest absolute Gasteiger partial charge is 0.237 e. The Morgan fingerprint density at radius 2 is 2.00 bits per heavy atom. The van der Waals surface area contributed by atoms with Crippen molar-refractivity contribution in [3.63, 3.8) is 0 Å². The van der Waals surface area contributed by atoms with Crippen molar-refractivity contribution < 1.29 is 4.79 Å². The van der Waals surface area contributed by atoms with Gasteiger partial charge in [-0.3, -0.25) is 4.79 Å². The van der Waals surface area contributed by atoms with E-state index in [-0.39, 0.29) is 17.5 Å². The quantitative estimate of drug-likeness (QED) is 0.705. The highest BCUT2D eigenvalue weighted by atomic mass is 16.2. The molecule has 0 atom stereocenters. The number of carbonyl (C=O) groups excluding carboxylic acids is 1. The Labute approximate surface area is 93.5 Å². The second-order valence-electron chi connectivity index (χ2n) is 5.03. The third-order valence-corrected chi connectivity index (χ3v) is 2.04. The third kappa shape index (κ3) is 6.28. The Hall–Kier alpha value is -0.830. The van der Waals surface area contributed by atoms with Gasteiger partial charge in [-0.2, -0.15) is 0 Å². The van der Waals surface area contributed by atoms with E-state index in [1.807, 2.05) is 39.5 Å². The van der Waals surface area contributed by atoms with Gasteiger partial charge in [0, 0.05) is 18.1 Å². The van der Waals surface area contributed by atoms with Crippen LogP contribution in [0.3, 0.4) is 0 Å². The SMILES string of the molecule is C=CCN(C(=O)CNC(C)(C)C)C(C)C. The lowest BCUT2D eigenvalue weighted by molar-refractivity contribution is -0.131. The lowest BCUT2D eigenvalue weighted by atomic mass is 10.1. The van der Waals surface area contributed by atoms with Crippen molar-refractivity contribution in [1.29, 1.82) is 0 Å². The highest BCUT2D eigenvalue weighted by Crippen LogP contribution is 2.01. The Balaban J connectivity index is 4.21. The zero-order valence-corrected chi connectivity index (χ0v) is 10.6. The van der Waals surface area contributed by atoms with E-state index in [0.717, 1.165) is 0 Å². The number of hydrogen-bond acceptors (Lipinski definition) is 2. The molecule has 15 heavy (non-hydrogen) atoms. The number of hydrogen-bond donors (Lipinski definition) is 1. The summed E-state index contributed by atoms with van der Waals surface area (Å²) >= 11 is 0. The van der Waals surface area contributed by atoms with E-state index in [9.17, 15) is 4.79 Å². The van der Waals surface area contributed by atoms with Crippen LogP contribution >= 0.6 is 0 Å². The molecule has 0 saturated heterocycles. The zero-order valence-electron chi connectivity index (χ0n) is 10.6. The van der Waals surface area contributed by atoms with Crippen molar-refractivity contribution in [3.8, 4) is 0 Å². The second kappa shape index (κ2) is 5.91. The third-order valence-electron chi connectivity index (χ3n) is 2.04. The van der Waals surface area contributed by atoms with E-state index >= 15 is 0 Å². The van der Waals surface area contributed by atoms with Crippen LogP contribution in [0.25, 0.3) is 0 Å². The minimum absolute atomic E-state index is 0.0213. The van der Waals surface area contributed by atoms with Crippen molar-refractivity contribution in [3.05, 3.63) is 12.7 Å². The number of nitrogens with zero attached hydrogens (tertiary/aromatic N) is 1. The van der Waals surface area contributed by atoms with Gasteiger partial charge in [0.25, 0.3) is 0 Å². The lowest BCUT2D eigenvalue weighted by Crippen LogP contribution is -2.47. The molecule has 0 aliphatic rings. The Bertz CT molecular complexity index is 216. The highest BCUT2D eigenvalue weighted by molar-refractivity contribution is 5.78. The zero-order chi connectivity index (χ0) is 12.1. The van der Waals surface area contributed by atoms with Gasteiger partial charge in [-0.25, -0.2) is 0 Å². The van der Waals surface area contributed by atoms with Crippen molar-refractivity contribution in [1.82, 2.24) is 10.2 Å². The molecule has 1 amide bonds. The van der Waals surface area contributed by atoms with Gasteiger partial charge >= 0.3 is 0 Å². The normalized spacial score (nSPS) is 11.6. The first-order chi connectivity index (χ1) is 6.78. The van der Waals surface area contributed by atoms with Crippen molar-refractivity contribution in [2.45, 2.75) is 46.2 Å². The Morgan fingerprint density at radius 3 is 2.33 bits per heavy atom. The molecule has 0 bridgehead atoms. The van der Waals surface area contributed by atoms with Gasteiger partial charge in [0.2, 0.25) is 5.91 Å². The van der Waals surface area contributed by atoms with E-state index in [4.69, 9.17) is 0 Å². The monoisotopic (exact) mass is 212 g/mol. The van der Waals surface area contributed by atoms with Crippen LogP contribution in [0.5, 0.6) is 0 Å². The Morgan fingerprint density at radius 1 is 1.47 bits per heavy atom. The summed E-state index contributed by atoms with van der Waals surface area (Å²) in [7, 11) is 0. The van der Waals surface area contributed by atoms with Crippen LogP contribution in [0, 0.1) is 0 Å². The van der Waals surface area contributed by atoms with Crippen molar-refractivity contribution in [2.24, 2.45) is 0 Å². The number of rotatable bonds is 5. The van der Waals surface area contributed by atoms with Gasteiger partial charge in [-0.15, -0.1) is 6.58 Å². The molecule has 0 saturated carbocycles. The summed E-state index contributed by atoms with van der Waals surface area (Å²) in [5.41, 5.74) is -0.0213. The minimum Gasteiger partial charge on any atom is -0.335 e. The van der Waals surface area contributed by atoms with Gasteiger partial charge in [-0.05, 0) is 34.6 Å². The first-order valence-electron chi connectivity index (χ1n) is 5.43. The minimum atomic E-state index is -0.0213. The summed E-state index contributed by atoms with van der Waals surface area (Å²) in [6.07, 6.45) is 1.76. The lowest BCUT2D eigenvalue weighted by Gasteiger charge is -2.28. The maximum Gasteiger partial charge on any atom is 0.237 e. The molecule has 3 heteroatoms. The maximum atomic E-state index is 11.8. The molecule has 0 unspecified atom stereocenters. The predicted molar refractivity (Wildman–Crippen MR) is 64.8 cm³/mol. The molecule has 0 aliphatic heterocycles. The molecule has 0 aliphatic carbocycles. The average Bonchev–Trinajstić information content (AvgIpc) is 2.08. The molecule has 0 fully saturated rings. The molecular weight excluding hydrogens is 188 g/mol. The van der Waals surface area contributed by atoms with Crippen molar-refractivity contribution >= 4 is 5.91 Å². The molecule has 1 N–H and O–H groups in total. The average molecular weight is 212 g/mol. The number of nitrogens with one attached hydrogen (secondary N) is 1. The molecule has 0 aromatic carbocycles. The number of carbonyl (C=O) groups is 1. The first kappa shape index (κ1) is 14.2. The maximum absolute atomic E-state index is 11.8. The van der Waals surface area contributed by atoms with Gasteiger partial charge in [0.05, 0.1) is 6.54 Å². The summed E-state index contributed by atoms with van der Waals surface area (Å²) in [6.45, 7) is 14.8. The molecule has 0 rings (SSSR count). The highest BCUT2D eigenvalue weighted by Gasteiger charge is 2.17. The van der Waals surface area contributed by atoms with E-state index < -0.39 is 0 Å². The fourth-order valence-electron chi connectivity index (χ4n) is 1.18. The molecule has 3 nitrogen and oxygen atoms in total. The van der Waals surface area contributed by atoms with E-state index in [2.05, 4.69) is 11.9 Å². The van der Waals surface area contributed by atoms with Crippen LogP contribution in [0.15, 0.2) is 12.7 Å². The topological polar surface area (TPSA) is 32.3 Å². The molecule has 0 heterocycles. The molecule has 88 valence electrons. The van der Waals surface area contributed by atoms with E-state index in [1.165, 1.54) is 0 Å². The predicted octanol–water partition coefficient (Wildman–Crippen LogP) is 1.80. The Kier molecular flexibility index (Phi) is 5.58. The largest absolute Gasteiger partial charge is 0.335 e. The van der Waals surface area contributed by atoms with Crippen LogP contribution in [-0.4, -0.2) is 35.5 Å². The molecular formula is C12H24N2O. The van der Waals surface area contributed by atoms with Crippen LogP contribution in [0.2, 0.25) is 0 Å². The molecule has 0 aromatic heterocycles. The van der Waals surface area contributed by atoms with E-state index in [0.29, 0.717) is 13.1 Å². The van der Waals surface area contributed by atoms with Crippen LogP contribution in [0.4, 0.5) is 0 Å². The van der Waals surface area contributed by atoms with Gasteiger partial charge in [0.1, 0.15) is 0 Å². The summed E-state index contributed by atoms with van der Waals surface area (Å²) in [6, 6.07) is 0.220. The van der Waals surface area contributed by atoms with Gasteiger partial charge in [0.15, 0.2) is 0 Å². The van der Waals surface area contributed by atoms with E-state index in [1.54, 1.807) is 6.08 Å². The molecule has 0 aromatic rings. The summed E-state index contributed by atoms with van der Waals surface area (Å²) in [5, 5.41) is 3.19. The fourth-order valence-corrected chi connectivity index (χ4v) is 1.18. The van der Waals surface area contributed by atoms with Gasteiger partial charge < -0.3 is 10.2 Å². The van der Waals surface area contributed by atoms with Crippen molar-refractivity contribution in [2.75, 3.05) is 13.1 Å². The second-order valence-corrected chi connectivity index (χ2v) is 5.03. The van der Waals surface area contributed by atoms with Crippen LogP contribution in [-0.2, 0) is 4.79 Å². The van der Waals surface area contributed by atoms with Crippen LogP contribution in [0.1, 0.15) is 34.6 Å². The summed E-state index contributed by atoms with van der Waals surface area (Å²) in [4.78, 5) is 13.6. The van der Waals surface area contributed by atoms with Gasteiger partial charge in [-0.1, -0.05) is 6.08 Å².